The average Bonchev–Trinajstić information content (AvgIpc) is 3.56. The molecular formula is C23H21N3O2. The van der Waals surface area contributed by atoms with Gasteiger partial charge in [-0.1, -0.05) is 36.4 Å². The van der Waals surface area contributed by atoms with Gasteiger partial charge in [-0.3, -0.25) is 9.59 Å². The zero-order chi connectivity index (χ0) is 19.3. The number of para-hydroxylation sites is 3. The Labute approximate surface area is 163 Å². The Hall–Kier alpha value is -3.60. The summed E-state index contributed by atoms with van der Waals surface area (Å²) >= 11 is 0. The standard InChI is InChI=1S/C23H21N3O2/c27-22(16-13-14-16)25-19-10-6-7-17(15-19)23(28)26-21-12-5-4-11-20(21)24-18-8-2-1-3-9-18/h1-12,15-16,24H,13-14H2,(H,25,27)(H,26,28). The third-order valence-corrected chi connectivity index (χ3v) is 4.57. The molecule has 3 N–H and O–H groups in total. The number of anilines is 4. The fourth-order valence-electron chi connectivity index (χ4n) is 2.90. The molecule has 2 amide bonds. The number of carbonyl (C=O) groups excluding carboxylic acids is 2. The van der Waals surface area contributed by atoms with E-state index in [4.69, 9.17) is 0 Å². The highest BCUT2D eigenvalue weighted by Crippen LogP contribution is 2.30. The van der Waals surface area contributed by atoms with E-state index in [1.807, 2.05) is 54.6 Å². The molecule has 140 valence electrons. The fraction of sp³-hybridized carbons (Fsp3) is 0.130. The average molecular weight is 371 g/mol. The molecule has 1 aliphatic carbocycles. The molecule has 4 rings (SSSR count). The molecule has 0 saturated heterocycles. The zero-order valence-corrected chi connectivity index (χ0v) is 15.3. The Kier molecular flexibility index (Phi) is 5.06. The van der Waals surface area contributed by atoms with Crippen LogP contribution in [-0.2, 0) is 4.79 Å². The minimum Gasteiger partial charge on any atom is -0.354 e. The molecular weight excluding hydrogens is 350 g/mol. The number of nitrogens with one attached hydrogen (secondary N) is 3. The second-order valence-electron chi connectivity index (χ2n) is 6.84. The number of amides is 2. The van der Waals surface area contributed by atoms with Crippen LogP contribution in [0.2, 0.25) is 0 Å². The largest absolute Gasteiger partial charge is 0.354 e. The smallest absolute Gasteiger partial charge is 0.255 e. The Morgan fingerprint density at radius 3 is 2.14 bits per heavy atom. The minimum absolute atomic E-state index is 0.0231. The molecule has 1 saturated carbocycles. The van der Waals surface area contributed by atoms with Gasteiger partial charge in [-0.15, -0.1) is 0 Å². The van der Waals surface area contributed by atoms with Crippen LogP contribution >= 0.6 is 0 Å². The van der Waals surface area contributed by atoms with E-state index < -0.39 is 0 Å². The predicted octanol–water partition coefficient (Wildman–Crippen LogP) is 5.03. The summed E-state index contributed by atoms with van der Waals surface area (Å²) in [6.07, 6.45) is 1.88. The predicted molar refractivity (Wildman–Crippen MR) is 112 cm³/mol. The summed E-state index contributed by atoms with van der Waals surface area (Å²) in [5, 5.41) is 9.14. The lowest BCUT2D eigenvalue weighted by Gasteiger charge is -2.13. The van der Waals surface area contributed by atoms with Crippen LogP contribution < -0.4 is 16.0 Å². The summed E-state index contributed by atoms with van der Waals surface area (Å²) in [6.45, 7) is 0. The van der Waals surface area contributed by atoms with Crippen molar-refractivity contribution in [3.63, 3.8) is 0 Å². The van der Waals surface area contributed by atoms with Crippen molar-refractivity contribution in [3.8, 4) is 0 Å². The lowest BCUT2D eigenvalue weighted by Crippen LogP contribution is -2.16. The van der Waals surface area contributed by atoms with Crippen LogP contribution in [0.4, 0.5) is 22.7 Å². The van der Waals surface area contributed by atoms with E-state index in [2.05, 4.69) is 16.0 Å². The topological polar surface area (TPSA) is 70.2 Å². The van der Waals surface area contributed by atoms with Crippen LogP contribution in [0.1, 0.15) is 23.2 Å². The van der Waals surface area contributed by atoms with Crippen molar-refractivity contribution in [2.45, 2.75) is 12.8 Å². The quantitative estimate of drug-likeness (QED) is 0.569. The summed E-state index contributed by atoms with van der Waals surface area (Å²) in [4.78, 5) is 24.7. The molecule has 0 spiro atoms. The highest BCUT2D eigenvalue weighted by Gasteiger charge is 2.29. The summed E-state index contributed by atoms with van der Waals surface area (Å²) < 4.78 is 0. The lowest BCUT2D eigenvalue weighted by molar-refractivity contribution is -0.117. The van der Waals surface area contributed by atoms with Crippen molar-refractivity contribution >= 4 is 34.6 Å². The van der Waals surface area contributed by atoms with Crippen molar-refractivity contribution < 1.29 is 9.59 Å². The maximum atomic E-state index is 12.8. The summed E-state index contributed by atoms with van der Waals surface area (Å²) in [7, 11) is 0. The van der Waals surface area contributed by atoms with E-state index in [-0.39, 0.29) is 17.7 Å². The first-order valence-corrected chi connectivity index (χ1v) is 9.32. The summed E-state index contributed by atoms with van der Waals surface area (Å²) in [5.74, 6) is -0.0896. The van der Waals surface area contributed by atoms with Crippen molar-refractivity contribution in [3.05, 3.63) is 84.4 Å². The van der Waals surface area contributed by atoms with E-state index in [0.717, 1.165) is 24.2 Å². The number of rotatable bonds is 6. The maximum absolute atomic E-state index is 12.8. The van der Waals surface area contributed by atoms with Crippen molar-refractivity contribution in [1.82, 2.24) is 0 Å². The van der Waals surface area contributed by atoms with E-state index in [1.54, 1.807) is 24.3 Å². The number of hydrogen-bond donors (Lipinski definition) is 3. The fourth-order valence-corrected chi connectivity index (χ4v) is 2.90. The minimum atomic E-state index is -0.232. The molecule has 3 aromatic carbocycles. The van der Waals surface area contributed by atoms with Gasteiger partial charge in [-0.2, -0.15) is 0 Å². The van der Waals surface area contributed by atoms with Gasteiger partial charge in [-0.05, 0) is 55.3 Å². The molecule has 0 atom stereocenters. The first kappa shape index (κ1) is 17.8. The van der Waals surface area contributed by atoms with Crippen LogP contribution in [0.15, 0.2) is 78.9 Å². The monoisotopic (exact) mass is 371 g/mol. The number of benzene rings is 3. The van der Waals surface area contributed by atoms with Gasteiger partial charge in [0.2, 0.25) is 5.91 Å². The molecule has 0 heterocycles. The van der Waals surface area contributed by atoms with E-state index >= 15 is 0 Å². The third kappa shape index (κ3) is 4.38. The highest BCUT2D eigenvalue weighted by molar-refractivity contribution is 6.07. The molecule has 5 heteroatoms. The summed E-state index contributed by atoms with van der Waals surface area (Å²) in [6, 6.07) is 24.3. The lowest BCUT2D eigenvalue weighted by atomic mass is 10.1. The first-order chi connectivity index (χ1) is 13.7. The number of carbonyl (C=O) groups is 2. The Bertz CT molecular complexity index is 997. The van der Waals surface area contributed by atoms with E-state index in [0.29, 0.717) is 16.9 Å². The molecule has 0 aromatic heterocycles. The van der Waals surface area contributed by atoms with Crippen LogP contribution in [0.5, 0.6) is 0 Å². The molecule has 28 heavy (non-hydrogen) atoms. The van der Waals surface area contributed by atoms with Crippen LogP contribution in [0.25, 0.3) is 0 Å². The van der Waals surface area contributed by atoms with Gasteiger partial charge in [0.15, 0.2) is 0 Å². The zero-order valence-electron chi connectivity index (χ0n) is 15.3. The van der Waals surface area contributed by atoms with Gasteiger partial charge in [0, 0.05) is 22.9 Å². The van der Waals surface area contributed by atoms with Crippen LogP contribution in [-0.4, -0.2) is 11.8 Å². The molecule has 0 unspecified atom stereocenters. The highest BCUT2D eigenvalue weighted by atomic mass is 16.2. The van der Waals surface area contributed by atoms with Gasteiger partial charge in [-0.25, -0.2) is 0 Å². The Morgan fingerprint density at radius 2 is 1.39 bits per heavy atom. The van der Waals surface area contributed by atoms with Crippen molar-refractivity contribution in [2.75, 3.05) is 16.0 Å². The molecule has 0 radical (unpaired) electrons. The second-order valence-corrected chi connectivity index (χ2v) is 6.84. The Morgan fingerprint density at radius 1 is 0.714 bits per heavy atom. The van der Waals surface area contributed by atoms with Crippen molar-refractivity contribution in [2.24, 2.45) is 5.92 Å². The van der Waals surface area contributed by atoms with Gasteiger partial charge in [0.1, 0.15) is 0 Å². The SMILES string of the molecule is O=C(Nc1ccccc1Nc1ccccc1)c1cccc(NC(=O)C2CC2)c1. The third-order valence-electron chi connectivity index (χ3n) is 4.57. The van der Waals surface area contributed by atoms with E-state index in [9.17, 15) is 9.59 Å². The van der Waals surface area contributed by atoms with Gasteiger partial charge in [0.25, 0.3) is 5.91 Å². The summed E-state index contributed by atoms with van der Waals surface area (Å²) in [5.41, 5.74) is 3.56. The molecule has 3 aromatic rings. The normalized spacial score (nSPS) is 12.9. The number of hydrogen-bond acceptors (Lipinski definition) is 3. The molecule has 5 nitrogen and oxygen atoms in total. The van der Waals surface area contributed by atoms with Gasteiger partial charge < -0.3 is 16.0 Å². The van der Waals surface area contributed by atoms with Gasteiger partial charge in [0.05, 0.1) is 11.4 Å². The van der Waals surface area contributed by atoms with Crippen LogP contribution in [0.3, 0.4) is 0 Å². The Balaban J connectivity index is 1.48. The first-order valence-electron chi connectivity index (χ1n) is 9.32. The van der Waals surface area contributed by atoms with Crippen molar-refractivity contribution in [1.29, 1.82) is 0 Å². The van der Waals surface area contributed by atoms with Gasteiger partial charge >= 0.3 is 0 Å². The van der Waals surface area contributed by atoms with E-state index in [1.165, 1.54) is 0 Å². The van der Waals surface area contributed by atoms with Crippen LogP contribution in [0, 0.1) is 5.92 Å². The molecule has 0 bridgehead atoms. The molecule has 0 aliphatic heterocycles. The molecule has 1 aliphatic rings. The second kappa shape index (κ2) is 7.96. The maximum Gasteiger partial charge on any atom is 0.255 e. The molecule has 1 fully saturated rings.